The quantitative estimate of drug-likeness (QED) is 0.764. The van der Waals surface area contributed by atoms with Gasteiger partial charge in [0.2, 0.25) is 0 Å². The van der Waals surface area contributed by atoms with Gasteiger partial charge in [-0.2, -0.15) is 0 Å². The predicted octanol–water partition coefficient (Wildman–Crippen LogP) is 4.39. The van der Waals surface area contributed by atoms with E-state index >= 15 is 0 Å². The van der Waals surface area contributed by atoms with E-state index in [9.17, 15) is 0 Å². The molecule has 2 nitrogen and oxygen atoms in total. The van der Waals surface area contributed by atoms with Gasteiger partial charge in [-0.25, -0.2) is 0 Å². The Labute approximate surface area is 125 Å². The molecule has 0 saturated heterocycles. The highest BCUT2D eigenvalue weighted by atomic mass is 14.9. The van der Waals surface area contributed by atoms with Crippen LogP contribution < -0.4 is 5.32 Å². The molecule has 3 aromatic rings. The van der Waals surface area contributed by atoms with Gasteiger partial charge in [-0.05, 0) is 41.8 Å². The maximum Gasteiger partial charge on any atom is 0.0570 e. The smallest absolute Gasteiger partial charge is 0.0570 e. The van der Waals surface area contributed by atoms with Crippen LogP contribution in [0, 0.1) is 6.92 Å². The summed E-state index contributed by atoms with van der Waals surface area (Å²) in [5.41, 5.74) is 3.68. The number of pyridine rings is 1. The second kappa shape index (κ2) is 6.06. The van der Waals surface area contributed by atoms with Crippen LogP contribution in [0.1, 0.15) is 29.8 Å². The van der Waals surface area contributed by atoms with E-state index in [0.717, 1.165) is 12.2 Å². The zero-order chi connectivity index (χ0) is 14.7. The summed E-state index contributed by atoms with van der Waals surface area (Å²) in [6.07, 6.45) is 1.85. The first kappa shape index (κ1) is 13.8. The molecule has 106 valence electrons. The molecule has 1 unspecified atom stereocenters. The standard InChI is InChI=1S/C19H20N2/c1-14-7-6-12-20-19(14)13-21-15(2)17-11-5-9-16-8-3-4-10-18(16)17/h3-12,15,21H,13H2,1-2H3. The molecule has 0 amide bonds. The molecule has 2 heteroatoms. The maximum atomic E-state index is 4.44. The van der Waals surface area contributed by atoms with Gasteiger partial charge in [-0.15, -0.1) is 0 Å². The summed E-state index contributed by atoms with van der Waals surface area (Å²) in [6, 6.07) is 19.4. The third kappa shape index (κ3) is 2.96. The van der Waals surface area contributed by atoms with Crippen molar-refractivity contribution in [3.05, 3.63) is 77.6 Å². The lowest BCUT2D eigenvalue weighted by molar-refractivity contribution is 0.569. The van der Waals surface area contributed by atoms with Crippen LogP contribution in [0.4, 0.5) is 0 Å². The Kier molecular flexibility index (Phi) is 3.98. The normalized spacial score (nSPS) is 12.5. The highest BCUT2D eigenvalue weighted by Gasteiger charge is 2.09. The summed E-state index contributed by atoms with van der Waals surface area (Å²) < 4.78 is 0. The fourth-order valence-corrected chi connectivity index (χ4v) is 2.69. The SMILES string of the molecule is Cc1cccnc1CNC(C)c1cccc2ccccc12. The van der Waals surface area contributed by atoms with E-state index in [1.807, 2.05) is 12.3 Å². The molecule has 0 aliphatic carbocycles. The maximum absolute atomic E-state index is 4.44. The van der Waals surface area contributed by atoms with Crippen LogP contribution in [-0.4, -0.2) is 4.98 Å². The highest BCUT2D eigenvalue weighted by molar-refractivity contribution is 5.86. The number of nitrogens with one attached hydrogen (secondary N) is 1. The fraction of sp³-hybridized carbons (Fsp3) is 0.211. The average molecular weight is 276 g/mol. The summed E-state index contributed by atoms with van der Waals surface area (Å²) in [4.78, 5) is 4.44. The van der Waals surface area contributed by atoms with Crippen molar-refractivity contribution in [2.75, 3.05) is 0 Å². The second-order valence-electron chi connectivity index (χ2n) is 5.44. The van der Waals surface area contributed by atoms with Crippen LogP contribution in [0.2, 0.25) is 0 Å². The molecular formula is C19H20N2. The number of rotatable bonds is 4. The first-order chi connectivity index (χ1) is 10.3. The molecule has 0 radical (unpaired) electrons. The third-order valence-corrected chi connectivity index (χ3v) is 3.98. The first-order valence-corrected chi connectivity index (χ1v) is 7.37. The Bertz CT molecular complexity index is 744. The summed E-state index contributed by atoms with van der Waals surface area (Å²) >= 11 is 0. The predicted molar refractivity (Wildman–Crippen MR) is 88.2 cm³/mol. The van der Waals surface area contributed by atoms with Crippen LogP contribution in [0.25, 0.3) is 10.8 Å². The summed E-state index contributed by atoms with van der Waals surface area (Å²) in [6.45, 7) is 5.10. The van der Waals surface area contributed by atoms with Crippen LogP contribution in [-0.2, 0) is 6.54 Å². The molecule has 1 N–H and O–H groups in total. The number of aryl methyl sites for hydroxylation is 1. The largest absolute Gasteiger partial charge is 0.305 e. The van der Waals surface area contributed by atoms with Crippen molar-refractivity contribution in [2.24, 2.45) is 0 Å². The van der Waals surface area contributed by atoms with Gasteiger partial charge in [-0.1, -0.05) is 48.5 Å². The van der Waals surface area contributed by atoms with Crippen LogP contribution in [0.15, 0.2) is 60.8 Å². The summed E-state index contributed by atoms with van der Waals surface area (Å²) in [5.74, 6) is 0. The van der Waals surface area contributed by atoms with Crippen molar-refractivity contribution < 1.29 is 0 Å². The molecule has 21 heavy (non-hydrogen) atoms. The summed E-state index contributed by atoms with van der Waals surface area (Å²) in [5, 5.41) is 6.19. The zero-order valence-corrected chi connectivity index (χ0v) is 12.5. The van der Waals surface area contributed by atoms with Crippen LogP contribution in [0.5, 0.6) is 0 Å². The molecule has 0 bridgehead atoms. The lowest BCUT2D eigenvalue weighted by atomic mass is 9.99. The van der Waals surface area contributed by atoms with Crippen molar-refractivity contribution in [1.29, 1.82) is 0 Å². The van der Waals surface area contributed by atoms with E-state index in [-0.39, 0.29) is 6.04 Å². The van der Waals surface area contributed by atoms with E-state index in [2.05, 4.69) is 72.7 Å². The first-order valence-electron chi connectivity index (χ1n) is 7.37. The molecule has 0 fully saturated rings. The molecule has 2 aromatic carbocycles. The van der Waals surface area contributed by atoms with Gasteiger partial charge in [0.15, 0.2) is 0 Å². The van der Waals surface area contributed by atoms with Crippen molar-refractivity contribution in [1.82, 2.24) is 10.3 Å². The van der Waals surface area contributed by atoms with Crippen molar-refractivity contribution in [3.63, 3.8) is 0 Å². The monoisotopic (exact) mass is 276 g/mol. The number of benzene rings is 2. The summed E-state index contributed by atoms with van der Waals surface area (Å²) in [7, 11) is 0. The lowest BCUT2D eigenvalue weighted by Crippen LogP contribution is -2.19. The Balaban J connectivity index is 1.81. The molecule has 1 aromatic heterocycles. The van der Waals surface area contributed by atoms with Gasteiger partial charge in [0, 0.05) is 18.8 Å². The number of aromatic nitrogens is 1. The van der Waals surface area contributed by atoms with Gasteiger partial charge >= 0.3 is 0 Å². The van der Waals surface area contributed by atoms with Crippen molar-refractivity contribution in [2.45, 2.75) is 26.4 Å². The lowest BCUT2D eigenvalue weighted by Gasteiger charge is -2.17. The van der Waals surface area contributed by atoms with E-state index in [1.165, 1.54) is 21.9 Å². The molecule has 1 heterocycles. The van der Waals surface area contributed by atoms with E-state index < -0.39 is 0 Å². The molecule has 0 aliphatic heterocycles. The van der Waals surface area contributed by atoms with Crippen molar-refractivity contribution in [3.8, 4) is 0 Å². The van der Waals surface area contributed by atoms with Crippen LogP contribution in [0.3, 0.4) is 0 Å². The Morgan fingerprint density at radius 1 is 1.00 bits per heavy atom. The average Bonchev–Trinajstić information content (AvgIpc) is 2.53. The minimum Gasteiger partial charge on any atom is -0.305 e. The van der Waals surface area contributed by atoms with Crippen molar-refractivity contribution >= 4 is 10.8 Å². The minimum absolute atomic E-state index is 0.289. The van der Waals surface area contributed by atoms with Gasteiger partial charge in [0.05, 0.1) is 5.69 Å². The Morgan fingerprint density at radius 3 is 2.67 bits per heavy atom. The zero-order valence-electron chi connectivity index (χ0n) is 12.5. The molecular weight excluding hydrogens is 256 g/mol. The Hall–Kier alpha value is -2.19. The molecule has 0 aliphatic rings. The molecule has 0 saturated carbocycles. The van der Waals surface area contributed by atoms with Gasteiger partial charge in [-0.3, -0.25) is 4.98 Å². The van der Waals surface area contributed by atoms with Gasteiger partial charge < -0.3 is 5.32 Å². The van der Waals surface area contributed by atoms with Gasteiger partial charge in [0.25, 0.3) is 0 Å². The van der Waals surface area contributed by atoms with Gasteiger partial charge in [0.1, 0.15) is 0 Å². The topological polar surface area (TPSA) is 24.9 Å². The fourth-order valence-electron chi connectivity index (χ4n) is 2.69. The third-order valence-electron chi connectivity index (χ3n) is 3.98. The molecule has 3 rings (SSSR count). The minimum atomic E-state index is 0.289. The van der Waals surface area contributed by atoms with E-state index in [0.29, 0.717) is 0 Å². The molecule has 0 spiro atoms. The number of hydrogen-bond acceptors (Lipinski definition) is 2. The van der Waals surface area contributed by atoms with E-state index in [4.69, 9.17) is 0 Å². The Morgan fingerprint density at radius 2 is 1.81 bits per heavy atom. The highest BCUT2D eigenvalue weighted by Crippen LogP contribution is 2.24. The number of hydrogen-bond donors (Lipinski definition) is 1. The number of fused-ring (bicyclic) bond motifs is 1. The number of nitrogens with zero attached hydrogens (tertiary/aromatic N) is 1. The van der Waals surface area contributed by atoms with E-state index in [1.54, 1.807) is 0 Å². The second-order valence-corrected chi connectivity index (χ2v) is 5.44. The van der Waals surface area contributed by atoms with Crippen LogP contribution >= 0.6 is 0 Å². The molecule has 1 atom stereocenters.